The number of anilines is 1. The van der Waals surface area contributed by atoms with Crippen molar-refractivity contribution in [3.05, 3.63) is 71.3 Å². The van der Waals surface area contributed by atoms with Crippen LogP contribution in [0, 0.1) is 6.92 Å². The van der Waals surface area contributed by atoms with E-state index in [9.17, 15) is 4.79 Å². The first-order valence-electron chi connectivity index (χ1n) is 9.54. The number of aryl methyl sites for hydroxylation is 2. The van der Waals surface area contributed by atoms with Gasteiger partial charge in [-0.25, -0.2) is 9.97 Å². The Morgan fingerprint density at radius 3 is 2.93 bits per heavy atom. The maximum Gasteiger partial charge on any atom is 0.260 e. The minimum Gasteiger partial charge on any atom is -0.497 e. The van der Waals surface area contributed by atoms with E-state index in [1.807, 2.05) is 42.0 Å². The molecule has 2 aromatic heterocycles. The lowest BCUT2D eigenvalue weighted by molar-refractivity contribution is 0.0986. The average Bonchev–Trinajstić information content (AvgIpc) is 3.44. The number of fused-ring (bicyclic) bond motifs is 1. The van der Waals surface area contributed by atoms with Crippen LogP contribution in [0.15, 0.2) is 55.1 Å². The van der Waals surface area contributed by atoms with Crippen molar-refractivity contribution in [2.45, 2.75) is 19.9 Å². The second-order valence-electron chi connectivity index (χ2n) is 6.86. The standard InChI is InChI=1S/C22H21ClN4O2S/c1-15-18(23)7-8-19-20(15)25-22(30-19)27(11-4-10-26-12-9-24-14-26)21(28)16-5-3-6-17(13-16)29-2/h3,5-9,12-14H,4,10-11H2,1-2H3. The van der Waals surface area contributed by atoms with Crippen LogP contribution in [0.5, 0.6) is 5.75 Å². The van der Waals surface area contributed by atoms with Gasteiger partial charge in [-0.05, 0) is 49.2 Å². The second kappa shape index (κ2) is 8.85. The van der Waals surface area contributed by atoms with E-state index >= 15 is 0 Å². The number of carbonyl (C=O) groups is 1. The Morgan fingerprint density at radius 2 is 2.17 bits per heavy atom. The Hall–Kier alpha value is -2.90. The maximum absolute atomic E-state index is 13.4. The fraction of sp³-hybridized carbons (Fsp3) is 0.227. The molecule has 2 aromatic carbocycles. The quantitative estimate of drug-likeness (QED) is 0.396. The fourth-order valence-electron chi connectivity index (χ4n) is 3.23. The van der Waals surface area contributed by atoms with Crippen LogP contribution in [0.1, 0.15) is 22.3 Å². The van der Waals surface area contributed by atoms with Gasteiger partial charge in [-0.15, -0.1) is 0 Å². The number of methoxy groups -OCH3 is 1. The number of nitrogens with zero attached hydrogens (tertiary/aromatic N) is 4. The summed E-state index contributed by atoms with van der Waals surface area (Å²) < 4.78 is 8.29. The SMILES string of the molecule is COc1cccc(C(=O)N(CCCn2ccnc2)c2nc3c(C)c(Cl)ccc3s2)c1. The van der Waals surface area contributed by atoms with E-state index in [0.29, 0.717) is 28.0 Å². The van der Waals surface area contributed by atoms with Gasteiger partial charge < -0.3 is 9.30 Å². The predicted molar refractivity (Wildman–Crippen MR) is 121 cm³/mol. The van der Waals surface area contributed by atoms with Gasteiger partial charge in [0, 0.05) is 36.1 Å². The van der Waals surface area contributed by atoms with Crippen molar-refractivity contribution in [1.29, 1.82) is 0 Å². The number of imidazole rings is 1. The van der Waals surface area contributed by atoms with Crippen molar-refractivity contribution in [2.24, 2.45) is 0 Å². The van der Waals surface area contributed by atoms with Gasteiger partial charge in [0.15, 0.2) is 5.13 Å². The van der Waals surface area contributed by atoms with Crippen molar-refractivity contribution in [2.75, 3.05) is 18.6 Å². The molecule has 4 rings (SSSR count). The van der Waals surface area contributed by atoms with Crippen LogP contribution < -0.4 is 9.64 Å². The lowest BCUT2D eigenvalue weighted by atomic mass is 10.2. The van der Waals surface area contributed by atoms with Crippen LogP contribution in [0.3, 0.4) is 0 Å². The summed E-state index contributed by atoms with van der Waals surface area (Å²) in [7, 11) is 1.59. The molecule has 0 spiro atoms. The number of aromatic nitrogens is 3. The van der Waals surface area contributed by atoms with E-state index < -0.39 is 0 Å². The largest absolute Gasteiger partial charge is 0.497 e. The molecular weight excluding hydrogens is 420 g/mol. The second-order valence-corrected chi connectivity index (χ2v) is 8.27. The molecule has 4 aromatic rings. The molecule has 0 fully saturated rings. The summed E-state index contributed by atoms with van der Waals surface area (Å²) in [5.74, 6) is 0.536. The minimum atomic E-state index is -0.109. The van der Waals surface area contributed by atoms with Crippen molar-refractivity contribution in [1.82, 2.24) is 14.5 Å². The van der Waals surface area contributed by atoms with Crippen molar-refractivity contribution in [3.8, 4) is 5.75 Å². The van der Waals surface area contributed by atoms with Gasteiger partial charge in [0.05, 0.1) is 23.7 Å². The number of benzene rings is 2. The maximum atomic E-state index is 13.4. The molecule has 2 heterocycles. The average molecular weight is 441 g/mol. The first kappa shape index (κ1) is 20.4. The highest BCUT2D eigenvalue weighted by atomic mass is 35.5. The highest BCUT2D eigenvalue weighted by Gasteiger charge is 2.22. The van der Waals surface area contributed by atoms with Crippen molar-refractivity contribution >= 4 is 44.2 Å². The molecule has 0 aliphatic heterocycles. The van der Waals surface area contributed by atoms with Gasteiger partial charge in [0.2, 0.25) is 0 Å². The Bertz CT molecular complexity index is 1170. The van der Waals surface area contributed by atoms with Crippen LogP contribution in [-0.4, -0.2) is 34.1 Å². The normalized spacial score (nSPS) is 11.0. The van der Waals surface area contributed by atoms with E-state index in [2.05, 4.69) is 4.98 Å². The number of amides is 1. The van der Waals surface area contributed by atoms with Gasteiger partial charge in [-0.3, -0.25) is 9.69 Å². The van der Waals surface area contributed by atoms with Crippen molar-refractivity contribution in [3.63, 3.8) is 0 Å². The summed E-state index contributed by atoms with van der Waals surface area (Å²) in [4.78, 5) is 24.0. The Labute approximate surface area is 183 Å². The number of hydrogen-bond acceptors (Lipinski definition) is 5. The zero-order valence-electron chi connectivity index (χ0n) is 16.7. The number of thiazole rings is 1. The zero-order valence-corrected chi connectivity index (χ0v) is 18.3. The van der Waals surface area contributed by atoms with E-state index in [-0.39, 0.29) is 5.91 Å². The van der Waals surface area contributed by atoms with Crippen LogP contribution in [0.4, 0.5) is 5.13 Å². The summed E-state index contributed by atoms with van der Waals surface area (Å²) in [5, 5.41) is 1.33. The predicted octanol–water partition coefficient (Wildman–Crippen LogP) is 5.20. The molecular formula is C22H21ClN4O2S. The summed E-state index contributed by atoms with van der Waals surface area (Å²) in [5.41, 5.74) is 2.32. The molecule has 0 aliphatic rings. The van der Waals surface area contributed by atoms with Gasteiger partial charge in [0.25, 0.3) is 5.91 Å². The zero-order chi connectivity index (χ0) is 21.1. The Kier molecular flexibility index (Phi) is 6.01. The molecule has 0 N–H and O–H groups in total. The molecule has 8 heteroatoms. The molecule has 0 saturated carbocycles. The smallest absolute Gasteiger partial charge is 0.260 e. The molecule has 1 amide bonds. The van der Waals surface area contributed by atoms with Gasteiger partial charge >= 0.3 is 0 Å². The molecule has 0 aliphatic carbocycles. The number of carbonyl (C=O) groups excluding carboxylic acids is 1. The number of ether oxygens (including phenoxy) is 1. The molecule has 0 radical (unpaired) electrons. The van der Waals surface area contributed by atoms with E-state index in [0.717, 1.165) is 28.7 Å². The van der Waals surface area contributed by atoms with Crippen LogP contribution >= 0.6 is 22.9 Å². The topological polar surface area (TPSA) is 60.2 Å². The first-order chi connectivity index (χ1) is 14.6. The van der Waals surface area contributed by atoms with Crippen LogP contribution in [0.25, 0.3) is 10.2 Å². The number of rotatable bonds is 7. The molecule has 0 unspecified atom stereocenters. The third kappa shape index (κ3) is 4.17. The van der Waals surface area contributed by atoms with E-state index in [4.69, 9.17) is 21.3 Å². The molecule has 154 valence electrons. The van der Waals surface area contributed by atoms with Crippen LogP contribution in [0.2, 0.25) is 5.02 Å². The molecule has 6 nitrogen and oxygen atoms in total. The highest BCUT2D eigenvalue weighted by Crippen LogP contribution is 2.34. The minimum absolute atomic E-state index is 0.109. The lowest BCUT2D eigenvalue weighted by Gasteiger charge is -2.20. The molecule has 0 bridgehead atoms. The molecule has 0 saturated heterocycles. The highest BCUT2D eigenvalue weighted by molar-refractivity contribution is 7.22. The fourth-order valence-corrected chi connectivity index (χ4v) is 4.43. The van der Waals surface area contributed by atoms with E-state index in [1.165, 1.54) is 11.3 Å². The third-order valence-electron chi connectivity index (χ3n) is 4.89. The van der Waals surface area contributed by atoms with E-state index in [1.54, 1.807) is 36.7 Å². The van der Waals surface area contributed by atoms with Gasteiger partial charge in [-0.2, -0.15) is 0 Å². The first-order valence-corrected chi connectivity index (χ1v) is 10.7. The Morgan fingerprint density at radius 1 is 1.30 bits per heavy atom. The number of hydrogen-bond donors (Lipinski definition) is 0. The molecule has 0 atom stereocenters. The summed E-state index contributed by atoms with van der Waals surface area (Å²) >= 11 is 7.76. The van der Waals surface area contributed by atoms with Gasteiger partial charge in [0.1, 0.15) is 5.75 Å². The summed E-state index contributed by atoms with van der Waals surface area (Å²) in [6.45, 7) is 3.24. The third-order valence-corrected chi connectivity index (χ3v) is 6.34. The Balaban J connectivity index is 1.67. The van der Waals surface area contributed by atoms with Crippen LogP contribution in [-0.2, 0) is 6.54 Å². The number of halogens is 1. The van der Waals surface area contributed by atoms with Crippen molar-refractivity contribution < 1.29 is 9.53 Å². The van der Waals surface area contributed by atoms with Gasteiger partial charge in [-0.1, -0.05) is 29.0 Å². The summed E-state index contributed by atoms with van der Waals surface area (Å²) in [6, 6.07) is 11.0. The monoisotopic (exact) mass is 440 g/mol. The lowest BCUT2D eigenvalue weighted by Crippen LogP contribution is -2.32. The summed E-state index contributed by atoms with van der Waals surface area (Å²) in [6.07, 6.45) is 6.20. The molecule has 30 heavy (non-hydrogen) atoms.